The fourth-order valence-corrected chi connectivity index (χ4v) is 4.36. The smallest absolute Gasteiger partial charge is 0.242 e. The van der Waals surface area contributed by atoms with Gasteiger partial charge in [-0.25, -0.2) is 0 Å². The van der Waals surface area contributed by atoms with Gasteiger partial charge < -0.3 is 15.0 Å². The molecule has 2 aliphatic heterocycles. The second-order valence-electron chi connectivity index (χ2n) is 7.90. The summed E-state index contributed by atoms with van der Waals surface area (Å²) >= 11 is 0. The molecule has 1 saturated carbocycles. The molecule has 3 aliphatic rings. The maximum Gasteiger partial charge on any atom is 0.242 e. The third kappa shape index (κ3) is 4.43. The van der Waals surface area contributed by atoms with E-state index in [2.05, 4.69) is 28.4 Å². The van der Waals surface area contributed by atoms with Gasteiger partial charge in [0.25, 0.3) is 0 Å². The summed E-state index contributed by atoms with van der Waals surface area (Å²) in [6, 6.07) is 6.46. The van der Waals surface area contributed by atoms with Crippen molar-refractivity contribution in [3.63, 3.8) is 0 Å². The maximum atomic E-state index is 12.4. The predicted octanol–water partition coefficient (Wildman–Crippen LogP) is 1.57. The van der Waals surface area contributed by atoms with Gasteiger partial charge in [-0.05, 0) is 30.0 Å². The molecule has 0 bridgehead atoms. The largest absolute Gasteiger partial charge is 0.493 e. The van der Waals surface area contributed by atoms with Crippen LogP contribution in [0.5, 0.6) is 5.75 Å². The highest BCUT2D eigenvalue weighted by Crippen LogP contribution is 2.26. The van der Waals surface area contributed by atoms with Gasteiger partial charge in [-0.2, -0.15) is 0 Å². The summed E-state index contributed by atoms with van der Waals surface area (Å²) in [6.07, 6.45) is 5.19. The summed E-state index contributed by atoms with van der Waals surface area (Å²) in [6.45, 7) is 5.04. The quantitative estimate of drug-likeness (QED) is 0.854. The van der Waals surface area contributed by atoms with Gasteiger partial charge in [0.1, 0.15) is 5.75 Å². The van der Waals surface area contributed by atoms with Crippen LogP contribution in [0.3, 0.4) is 0 Å². The summed E-state index contributed by atoms with van der Waals surface area (Å²) in [7, 11) is 0. The third-order valence-corrected chi connectivity index (χ3v) is 6.02. The first kappa shape index (κ1) is 18.3. The molecule has 6 nitrogen and oxygen atoms in total. The number of benzene rings is 1. The van der Waals surface area contributed by atoms with Crippen LogP contribution in [0.15, 0.2) is 18.2 Å². The second kappa shape index (κ2) is 8.30. The zero-order chi connectivity index (χ0) is 18.6. The van der Waals surface area contributed by atoms with E-state index in [4.69, 9.17) is 4.74 Å². The topological polar surface area (TPSA) is 61.9 Å². The minimum Gasteiger partial charge on any atom is -0.493 e. The van der Waals surface area contributed by atoms with Gasteiger partial charge in [0, 0.05) is 45.1 Å². The van der Waals surface area contributed by atoms with Crippen molar-refractivity contribution in [2.24, 2.45) is 5.92 Å². The van der Waals surface area contributed by atoms with Gasteiger partial charge in [0.05, 0.1) is 13.2 Å². The molecule has 0 unspecified atom stereocenters. The number of amides is 2. The van der Waals surface area contributed by atoms with Gasteiger partial charge in [0.2, 0.25) is 11.8 Å². The molecule has 1 aliphatic carbocycles. The summed E-state index contributed by atoms with van der Waals surface area (Å²) in [4.78, 5) is 28.7. The number of piperazine rings is 1. The molecule has 1 aromatic carbocycles. The first-order valence-corrected chi connectivity index (χ1v) is 10.2. The lowest BCUT2D eigenvalue weighted by Crippen LogP contribution is -2.51. The van der Waals surface area contributed by atoms with Crippen molar-refractivity contribution in [2.45, 2.75) is 38.6 Å². The minimum absolute atomic E-state index is 0.0377. The predicted molar refractivity (Wildman–Crippen MR) is 102 cm³/mol. The molecule has 2 fully saturated rings. The molecule has 1 saturated heterocycles. The molecule has 6 heteroatoms. The fourth-order valence-electron chi connectivity index (χ4n) is 4.36. The van der Waals surface area contributed by atoms with Crippen molar-refractivity contribution in [3.8, 4) is 5.75 Å². The Bertz CT molecular complexity index is 692. The third-order valence-electron chi connectivity index (χ3n) is 6.02. The molecule has 2 amide bonds. The Morgan fingerprint density at radius 1 is 1.11 bits per heavy atom. The van der Waals surface area contributed by atoms with Gasteiger partial charge >= 0.3 is 0 Å². The highest BCUT2D eigenvalue weighted by molar-refractivity contribution is 5.86. The lowest BCUT2D eigenvalue weighted by Gasteiger charge is -2.35. The molecular weight excluding hydrogens is 342 g/mol. The zero-order valence-corrected chi connectivity index (χ0v) is 15.9. The average molecular weight is 371 g/mol. The number of hydrogen-bond acceptors (Lipinski definition) is 4. The Balaban J connectivity index is 1.20. The van der Waals surface area contributed by atoms with Crippen LogP contribution < -0.4 is 10.1 Å². The number of carbonyl (C=O) groups excluding carboxylic acids is 2. The van der Waals surface area contributed by atoms with E-state index in [1.807, 2.05) is 4.90 Å². The van der Waals surface area contributed by atoms with Crippen molar-refractivity contribution in [2.75, 3.05) is 39.3 Å². The van der Waals surface area contributed by atoms with Crippen LogP contribution in [0.4, 0.5) is 0 Å². The molecule has 146 valence electrons. The summed E-state index contributed by atoms with van der Waals surface area (Å²) < 4.78 is 5.57. The Labute approximate surface area is 160 Å². The van der Waals surface area contributed by atoms with Gasteiger partial charge in [-0.3, -0.25) is 14.5 Å². The average Bonchev–Trinajstić information content (AvgIpc) is 3.38. The van der Waals surface area contributed by atoms with Crippen molar-refractivity contribution in [1.29, 1.82) is 0 Å². The van der Waals surface area contributed by atoms with Crippen LogP contribution in [0.25, 0.3) is 0 Å². The monoisotopic (exact) mass is 371 g/mol. The van der Waals surface area contributed by atoms with E-state index in [-0.39, 0.29) is 24.3 Å². The number of carbonyl (C=O) groups is 2. The van der Waals surface area contributed by atoms with Crippen LogP contribution >= 0.6 is 0 Å². The molecular formula is C21H29N3O3. The fraction of sp³-hybridized carbons (Fsp3) is 0.619. The lowest BCUT2D eigenvalue weighted by molar-refractivity contribution is -0.135. The first-order valence-electron chi connectivity index (χ1n) is 10.2. The molecule has 1 aromatic rings. The molecule has 0 radical (unpaired) electrons. The zero-order valence-electron chi connectivity index (χ0n) is 15.9. The number of ether oxygens (including phenoxy) is 1. The van der Waals surface area contributed by atoms with Crippen LogP contribution in [0, 0.1) is 5.92 Å². The van der Waals surface area contributed by atoms with Crippen LogP contribution in [-0.4, -0.2) is 60.9 Å². The Kier molecular flexibility index (Phi) is 5.62. The summed E-state index contributed by atoms with van der Waals surface area (Å²) in [5, 5.41) is 2.84. The number of nitrogens with zero attached hydrogens (tertiary/aromatic N) is 2. The Morgan fingerprint density at radius 2 is 1.89 bits per heavy atom. The second-order valence-corrected chi connectivity index (χ2v) is 7.90. The van der Waals surface area contributed by atoms with Crippen LogP contribution in [-0.2, 0) is 22.6 Å². The first-order chi connectivity index (χ1) is 13.2. The van der Waals surface area contributed by atoms with Gasteiger partial charge in [-0.1, -0.05) is 25.0 Å². The van der Waals surface area contributed by atoms with E-state index < -0.39 is 0 Å². The molecule has 2 heterocycles. The SMILES string of the molecule is O=C(NCC(=O)N1CCN(Cc2ccc3c(c2)CCO3)CC1)C1CCCC1. The summed E-state index contributed by atoms with van der Waals surface area (Å²) in [5.41, 5.74) is 2.61. The molecule has 1 N–H and O–H groups in total. The van der Waals surface area contributed by atoms with E-state index in [9.17, 15) is 9.59 Å². The van der Waals surface area contributed by atoms with E-state index in [1.54, 1.807) is 0 Å². The minimum atomic E-state index is 0.0377. The highest BCUT2D eigenvalue weighted by atomic mass is 16.5. The van der Waals surface area contributed by atoms with Gasteiger partial charge in [-0.15, -0.1) is 0 Å². The van der Waals surface area contributed by atoms with Crippen LogP contribution in [0.2, 0.25) is 0 Å². The highest BCUT2D eigenvalue weighted by Gasteiger charge is 2.25. The molecule has 0 atom stereocenters. The number of fused-ring (bicyclic) bond motifs is 1. The van der Waals surface area contributed by atoms with E-state index in [1.165, 1.54) is 11.1 Å². The number of rotatable bonds is 5. The number of hydrogen-bond donors (Lipinski definition) is 1. The molecule has 27 heavy (non-hydrogen) atoms. The van der Waals surface area contributed by atoms with E-state index in [0.29, 0.717) is 0 Å². The Hall–Kier alpha value is -2.08. The maximum absolute atomic E-state index is 12.4. The lowest BCUT2D eigenvalue weighted by atomic mass is 10.1. The van der Waals surface area contributed by atoms with Crippen molar-refractivity contribution >= 4 is 11.8 Å². The molecule has 0 spiro atoms. The standard InChI is InChI=1S/C21H29N3O3/c25-20(14-22-21(26)17-3-1-2-4-17)24-10-8-23(9-11-24)15-16-5-6-19-18(13-16)7-12-27-19/h5-6,13,17H,1-4,7-12,14-15H2,(H,22,26). The Morgan fingerprint density at radius 3 is 2.67 bits per heavy atom. The number of nitrogens with one attached hydrogen (secondary N) is 1. The van der Waals surface area contributed by atoms with Crippen molar-refractivity contribution < 1.29 is 14.3 Å². The van der Waals surface area contributed by atoms with Crippen molar-refractivity contribution in [1.82, 2.24) is 15.1 Å². The van der Waals surface area contributed by atoms with E-state index in [0.717, 1.165) is 77.2 Å². The summed E-state index contributed by atoms with van der Waals surface area (Å²) in [5.74, 6) is 1.23. The molecule has 4 rings (SSSR count). The van der Waals surface area contributed by atoms with E-state index >= 15 is 0 Å². The van der Waals surface area contributed by atoms with Crippen molar-refractivity contribution in [3.05, 3.63) is 29.3 Å². The normalized spacial score (nSPS) is 20.4. The van der Waals surface area contributed by atoms with Crippen LogP contribution in [0.1, 0.15) is 36.8 Å². The van der Waals surface area contributed by atoms with Gasteiger partial charge in [0.15, 0.2) is 0 Å². The molecule has 0 aromatic heterocycles.